The van der Waals surface area contributed by atoms with E-state index in [-0.39, 0.29) is 23.1 Å². The third-order valence-electron chi connectivity index (χ3n) is 2.60. The lowest BCUT2D eigenvalue weighted by Crippen LogP contribution is -2.46. The molecule has 106 valence electrons. The number of carbonyl (C=O) groups excluding carboxylic acids is 1. The van der Waals surface area contributed by atoms with Crippen LogP contribution in [0.4, 0.5) is 4.79 Å². The summed E-state index contributed by atoms with van der Waals surface area (Å²) in [6.45, 7) is 8.05. The van der Waals surface area contributed by atoms with E-state index < -0.39 is 0 Å². The summed E-state index contributed by atoms with van der Waals surface area (Å²) >= 11 is 0. The number of hydrogen-bond donors (Lipinski definition) is 4. The quantitative estimate of drug-likeness (QED) is 0.632. The van der Waals surface area contributed by atoms with Gasteiger partial charge in [-0.05, 0) is 57.4 Å². The maximum atomic E-state index is 11.5. The number of aryl methyl sites for hydroxylation is 1. The second-order valence-electron chi connectivity index (χ2n) is 5.65. The number of hydrogen-bond acceptors (Lipinski definition) is 3. The molecule has 0 aliphatic heterocycles. The highest BCUT2D eigenvalue weighted by Gasteiger charge is 2.13. The Hall–Kier alpha value is -1.91. The molecule has 1 rings (SSSR count). The van der Waals surface area contributed by atoms with Gasteiger partial charge in [0, 0.05) is 12.1 Å². The molecule has 0 spiro atoms. The van der Waals surface area contributed by atoms with Crippen molar-refractivity contribution in [2.45, 2.75) is 39.7 Å². The number of amides is 2. The minimum atomic E-state index is -0.267. The minimum absolute atomic E-state index is 0.125. The Bertz CT molecular complexity index is 464. The van der Waals surface area contributed by atoms with E-state index in [4.69, 9.17) is 0 Å². The molecule has 1 aromatic carbocycles. The molecule has 2 amide bonds. The third-order valence-corrected chi connectivity index (χ3v) is 2.60. The largest absolute Gasteiger partial charge is 0.504 e. The summed E-state index contributed by atoms with van der Waals surface area (Å²) in [4.78, 5) is 11.5. The van der Waals surface area contributed by atoms with E-state index in [2.05, 4.69) is 10.6 Å². The van der Waals surface area contributed by atoms with Gasteiger partial charge in [0.25, 0.3) is 0 Å². The highest BCUT2D eigenvalue weighted by atomic mass is 16.3. The maximum Gasteiger partial charge on any atom is 0.315 e. The van der Waals surface area contributed by atoms with Crippen LogP contribution in [-0.4, -0.2) is 28.3 Å². The fourth-order valence-electron chi connectivity index (χ4n) is 1.69. The molecule has 0 unspecified atom stereocenters. The summed E-state index contributed by atoms with van der Waals surface area (Å²) in [6.07, 6.45) is 0.594. The van der Waals surface area contributed by atoms with Gasteiger partial charge < -0.3 is 20.8 Å². The number of phenolic OH excluding ortho intramolecular Hbond substituents is 2. The van der Waals surface area contributed by atoms with E-state index in [0.717, 1.165) is 11.1 Å². The van der Waals surface area contributed by atoms with Crippen LogP contribution in [0.25, 0.3) is 0 Å². The van der Waals surface area contributed by atoms with Crippen molar-refractivity contribution >= 4 is 6.03 Å². The summed E-state index contributed by atoms with van der Waals surface area (Å²) in [5, 5.41) is 24.3. The number of carbonyl (C=O) groups is 1. The molecule has 1 aromatic rings. The summed E-state index contributed by atoms with van der Waals surface area (Å²) in [5.74, 6) is -0.264. The molecule has 0 aromatic heterocycles. The summed E-state index contributed by atoms with van der Waals surface area (Å²) in [7, 11) is 0. The molecular weight excluding hydrogens is 244 g/mol. The van der Waals surface area contributed by atoms with Gasteiger partial charge in [0.1, 0.15) is 0 Å². The van der Waals surface area contributed by atoms with Crippen molar-refractivity contribution in [3.8, 4) is 11.5 Å². The van der Waals surface area contributed by atoms with Gasteiger partial charge >= 0.3 is 6.03 Å². The first kappa shape index (κ1) is 15.1. The SMILES string of the molecule is Cc1cc(O)c(O)cc1CCNC(=O)NC(C)(C)C. The Labute approximate surface area is 113 Å². The predicted molar refractivity (Wildman–Crippen MR) is 74.5 cm³/mol. The van der Waals surface area contributed by atoms with Gasteiger partial charge in [0.2, 0.25) is 0 Å². The van der Waals surface area contributed by atoms with Crippen molar-refractivity contribution in [2.24, 2.45) is 0 Å². The molecule has 0 bridgehead atoms. The number of benzene rings is 1. The molecule has 0 aliphatic rings. The van der Waals surface area contributed by atoms with E-state index in [1.54, 1.807) is 0 Å². The van der Waals surface area contributed by atoms with Crippen molar-refractivity contribution in [2.75, 3.05) is 6.54 Å². The molecule has 19 heavy (non-hydrogen) atoms. The Morgan fingerprint density at radius 2 is 1.79 bits per heavy atom. The molecule has 0 saturated carbocycles. The van der Waals surface area contributed by atoms with Gasteiger partial charge in [0.15, 0.2) is 11.5 Å². The molecule has 0 heterocycles. The topological polar surface area (TPSA) is 81.6 Å². The lowest BCUT2D eigenvalue weighted by Gasteiger charge is -2.20. The van der Waals surface area contributed by atoms with Crippen molar-refractivity contribution in [1.29, 1.82) is 0 Å². The molecule has 5 nitrogen and oxygen atoms in total. The molecule has 4 N–H and O–H groups in total. The van der Waals surface area contributed by atoms with Gasteiger partial charge in [0.05, 0.1) is 0 Å². The monoisotopic (exact) mass is 266 g/mol. The van der Waals surface area contributed by atoms with Gasteiger partial charge in [-0.25, -0.2) is 4.79 Å². The molecular formula is C14H22N2O3. The molecule has 0 fully saturated rings. The lowest BCUT2D eigenvalue weighted by atomic mass is 10.0. The van der Waals surface area contributed by atoms with Crippen LogP contribution in [-0.2, 0) is 6.42 Å². The van der Waals surface area contributed by atoms with Crippen LogP contribution in [0.15, 0.2) is 12.1 Å². The van der Waals surface area contributed by atoms with E-state index in [9.17, 15) is 15.0 Å². The van der Waals surface area contributed by atoms with Gasteiger partial charge in [-0.15, -0.1) is 0 Å². The molecule has 0 saturated heterocycles. The van der Waals surface area contributed by atoms with Crippen LogP contribution in [0.5, 0.6) is 11.5 Å². The first-order valence-corrected chi connectivity index (χ1v) is 6.26. The Morgan fingerprint density at radius 1 is 1.21 bits per heavy atom. The second kappa shape index (κ2) is 5.82. The fraction of sp³-hybridized carbons (Fsp3) is 0.500. The zero-order chi connectivity index (χ0) is 14.6. The van der Waals surface area contributed by atoms with Gasteiger partial charge in [-0.3, -0.25) is 0 Å². The standard InChI is InChI=1S/C14H22N2O3/c1-9-7-11(17)12(18)8-10(9)5-6-15-13(19)16-14(2,3)4/h7-8,17-18H,5-6H2,1-4H3,(H2,15,16,19). The van der Waals surface area contributed by atoms with E-state index in [1.165, 1.54) is 12.1 Å². The highest BCUT2D eigenvalue weighted by Crippen LogP contribution is 2.27. The lowest BCUT2D eigenvalue weighted by molar-refractivity contribution is 0.232. The molecule has 5 heteroatoms. The summed E-state index contributed by atoms with van der Waals surface area (Å²) in [5.41, 5.74) is 1.51. The van der Waals surface area contributed by atoms with Crippen molar-refractivity contribution in [3.05, 3.63) is 23.3 Å². The van der Waals surface area contributed by atoms with Crippen LogP contribution in [0.1, 0.15) is 31.9 Å². The second-order valence-corrected chi connectivity index (χ2v) is 5.65. The Balaban J connectivity index is 2.50. The highest BCUT2D eigenvalue weighted by molar-refractivity contribution is 5.74. The minimum Gasteiger partial charge on any atom is -0.504 e. The third kappa shape index (κ3) is 5.07. The first-order valence-electron chi connectivity index (χ1n) is 6.26. The Morgan fingerprint density at radius 3 is 2.37 bits per heavy atom. The molecule has 0 radical (unpaired) electrons. The number of rotatable bonds is 3. The van der Waals surface area contributed by atoms with Crippen LogP contribution < -0.4 is 10.6 Å². The van der Waals surface area contributed by atoms with Crippen molar-refractivity contribution in [3.63, 3.8) is 0 Å². The fourth-order valence-corrected chi connectivity index (χ4v) is 1.69. The predicted octanol–water partition coefficient (Wildman–Crippen LogP) is 2.05. The van der Waals surface area contributed by atoms with Crippen molar-refractivity contribution in [1.82, 2.24) is 10.6 Å². The smallest absolute Gasteiger partial charge is 0.315 e. The van der Waals surface area contributed by atoms with Crippen LogP contribution in [0.2, 0.25) is 0 Å². The van der Waals surface area contributed by atoms with Gasteiger partial charge in [-0.1, -0.05) is 0 Å². The average molecular weight is 266 g/mol. The normalized spacial score (nSPS) is 11.2. The number of aromatic hydroxyl groups is 2. The zero-order valence-corrected chi connectivity index (χ0v) is 11.9. The average Bonchev–Trinajstić information content (AvgIpc) is 2.22. The number of nitrogens with one attached hydrogen (secondary N) is 2. The zero-order valence-electron chi connectivity index (χ0n) is 11.9. The number of phenols is 2. The van der Waals surface area contributed by atoms with E-state index in [0.29, 0.717) is 13.0 Å². The van der Waals surface area contributed by atoms with Gasteiger partial charge in [-0.2, -0.15) is 0 Å². The van der Waals surface area contributed by atoms with Crippen molar-refractivity contribution < 1.29 is 15.0 Å². The molecule has 0 atom stereocenters. The van der Waals surface area contributed by atoms with Crippen LogP contribution in [0.3, 0.4) is 0 Å². The van der Waals surface area contributed by atoms with Crippen LogP contribution in [0, 0.1) is 6.92 Å². The number of urea groups is 1. The van der Waals surface area contributed by atoms with E-state index in [1.807, 2.05) is 27.7 Å². The first-order chi connectivity index (χ1) is 8.69. The van der Waals surface area contributed by atoms with E-state index >= 15 is 0 Å². The summed E-state index contributed by atoms with van der Waals surface area (Å²) in [6, 6.07) is 2.82. The summed E-state index contributed by atoms with van der Waals surface area (Å²) < 4.78 is 0. The maximum absolute atomic E-state index is 11.5. The van der Waals surface area contributed by atoms with Crippen LogP contribution >= 0.6 is 0 Å². The molecule has 0 aliphatic carbocycles. The Kier molecular flexibility index (Phi) is 4.64.